The minimum atomic E-state index is 0.0272. The van der Waals surface area contributed by atoms with Crippen molar-refractivity contribution >= 4 is 11.6 Å². The zero-order chi connectivity index (χ0) is 13.1. The molecule has 1 aliphatic rings. The fraction of sp³-hybridized carbons (Fsp3) is 0.533. The van der Waals surface area contributed by atoms with E-state index in [4.69, 9.17) is 5.73 Å². The molecule has 0 heterocycles. The summed E-state index contributed by atoms with van der Waals surface area (Å²) >= 11 is 0. The summed E-state index contributed by atoms with van der Waals surface area (Å²) in [5.41, 5.74) is 8.58. The van der Waals surface area contributed by atoms with Crippen molar-refractivity contribution in [1.29, 1.82) is 0 Å². The Morgan fingerprint density at radius 1 is 1.17 bits per heavy atom. The van der Waals surface area contributed by atoms with Crippen LogP contribution >= 0.6 is 0 Å². The van der Waals surface area contributed by atoms with Crippen LogP contribution in [0.3, 0.4) is 0 Å². The van der Waals surface area contributed by atoms with Crippen LogP contribution in [0.1, 0.15) is 53.9 Å². The van der Waals surface area contributed by atoms with Crippen LogP contribution in [0.25, 0.3) is 0 Å². The van der Waals surface area contributed by atoms with E-state index < -0.39 is 0 Å². The molecule has 0 saturated heterocycles. The van der Waals surface area contributed by atoms with E-state index in [1.165, 1.54) is 37.7 Å². The molecule has 98 valence electrons. The maximum atomic E-state index is 12.0. The van der Waals surface area contributed by atoms with Gasteiger partial charge in [-0.25, -0.2) is 0 Å². The highest BCUT2D eigenvalue weighted by Crippen LogP contribution is 2.34. The number of anilines is 1. The van der Waals surface area contributed by atoms with Crippen LogP contribution in [-0.4, -0.2) is 24.9 Å². The zero-order valence-corrected chi connectivity index (χ0v) is 11.3. The van der Waals surface area contributed by atoms with Gasteiger partial charge in [-0.15, -0.1) is 0 Å². The van der Waals surface area contributed by atoms with Gasteiger partial charge in [0.1, 0.15) is 0 Å². The molecule has 1 aromatic carbocycles. The molecule has 1 amide bonds. The summed E-state index contributed by atoms with van der Waals surface area (Å²) in [7, 11) is 3.54. The molecule has 1 aliphatic carbocycles. The lowest BCUT2D eigenvalue weighted by Crippen LogP contribution is -2.22. The van der Waals surface area contributed by atoms with Gasteiger partial charge in [-0.2, -0.15) is 0 Å². The van der Waals surface area contributed by atoms with Gasteiger partial charge in [-0.1, -0.05) is 19.3 Å². The van der Waals surface area contributed by atoms with Crippen LogP contribution in [0, 0.1) is 0 Å². The quantitative estimate of drug-likeness (QED) is 0.815. The third kappa shape index (κ3) is 2.84. The number of nitrogens with two attached hydrogens (primary N) is 1. The molecule has 1 fully saturated rings. The summed E-state index contributed by atoms with van der Waals surface area (Å²) in [6.07, 6.45) is 6.35. The van der Waals surface area contributed by atoms with Gasteiger partial charge in [0.05, 0.1) is 0 Å². The van der Waals surface area contributed by atoms with E-state index in [2.05, 4.69) is 0 Å². The molecule has 18 heavy (non-hydrogen) atoms. The smallest absolute Gasteiger partial charge is 0.253 e. The van der Waals surface area contributed by atoms with Crippen molar-refractivity contribution in [2.45, 2.75) is 38.0 Å². The molecule has 3 nitrogen and oxygen atoms in total. The normalized spacial score (nSPS) is 16.6. The number of rotatable bonds is 2. The second-order valence-corrected chi connectivity index (χ2v) is 5.42. The molecule has 0 radical (unpaired) electrons. The van der Waals surface area contributed by atoms with Gasteiger partial charge in [0.25, 0.3) is 5.91 Å². The molecule has 0 aliphatic heterocycles. The van der Waals surface area contributed by atoms with Crippen LogP contribution in [0.4, 0.5) is 5.69 Å². The number of nitrogens with zero attached hydrogens (tertiary/aromatic N) is 1. The number of carbonyl (C=O) groups excluding carboxylic acids is 1. The Bertz CT molecular complexity index is 434. The molecule has 2 N–H and O–H groups in total. The van der Waals surface area contributed by atoms with Crippen molar-refractivity contribution in [3.05, 3.63) is 29.3 Å². The highest BCUT2D eigenvalue weighted by atomic mass is 16.2. The predicted octanol–water partition coefficient (Wildman–Crippen LogP) is 3.02. The molecule has 0 bridgehead atoms. The van der Waals surface area contributed by atoms with E-state index in [0.29, 0.717) is 17.2 Å². The molecule has 3 heteroatoms. The van der Waals surface area contributed by atoms with Gasteiger partial charge >= 0.3 is 0 Å². The maximum Gasteiger partial charge on any atom is 0.253 e. The van der Waals surface area contributed by atoms with Crippen LogP contribution in [-0.2, 0) is 0 Å². The van der Waals surface area contributed by atoms with E-state index in [9.17, 15) is 4.79 Å². The SMILES string of the molecule is CN(C)C(=O)c1cc(N)cc(C2CCCCC2)c1. The van der Waals surface area contributed by atoms with Gasteiger partial charge < -0.3 is 10.6 Å². The second kappa shape index (κ2) is 5.42. The Hall–Kier alpha value is -1.51. The third-order valence-corrected chi connectivity index (χ3v) is 3.71. The first kappa shape index (κ1) is 12.9. The van der Waals surface area contributed by atoms with Gasteiger partial charge in [0.2, 0.25) is 0 Å². The highest BCUT2D eigenvalue weighted by molar-refractivity contribution is 5.95. The fourth-order valence-electron chi connectivity index (χ4n) is 2.73. The van der Waals surface area contributed by atoms with Crippen LogP contribution in [0.2, 0.25) is 0 Å². The van der Waals surface area contributed by atoms with Crippen molar-refractivity contribution in [1.82, 2.24) is 4.90 Å². The summed E-state index contributed by atoms with van der Waals surface area (Å²) in [4.78, 5) is 13.6. The van der Waals surface area contributed by atoms with Crippen LogP contribution in [0.5, 0.6) is 0 Å². The zero-order valence-electron chi connectivity index (χ0n) is 11.3. The topological polar surface area (TPSA) is 46.3 Å². The summed E-state index contributed by atoms with van der Waals surface area (Å²) in [5.74, 6) is 0.607. The van der Waals surface area contributed by atoms with E-state index >= 15 is 0 Å². The summed E-state index contributed by atoms with van der Waals surface area (Å²) in [6, 6.07) is 5.83. The molecule has 0 atom stereocenters. The molecule has 0 aromatic heterocycles. The standard InChI is InChI=1S/C15H22N2O/c1-17(2)15(18)13-8-12(9-14(16)10-13)11-6-4-3-5-7-11/h8-11H,3-7,16H2,1-2H3. The molecule has 2 rings (SSSR count). The molecular formula is C15H22N2O. The average molecular weight is 246 g/mol. The third-order valence-electron chi connectivity index (χ3n) is 3.71. The minimum absolute atomic E-state index is 0.0272. The van der Waals surface area contributed by atoms with Crippen molar-refractivity contribution in [3.8, 4) is 0 Å². The number of amides is 1. The summed E-state index contributed by atoms with van der Waals surface area (Å²) in [5, 5.41) is 0. The molecule has 0 spiro atoms. The van der Waals surface area contributed by atoms with Crippen LogP contribution < -0.4 is 5.73 Å². The van der Waals surface area contributed by atoms with Crippen LogP contribution in [0.15, 0.2) is 18.2 Å². The number of nitrogen functional groups attached to an aromatic ring is 1. The van der Waals surface area contributed by atoms with Gasteiger partial charge in [-0.05, 0) is 42.5 Å². The minimum Gasteiger partial charge on any atom is -0.399 e. The van der Waals surface area contributed by atoms with E-state index in [0.717, 1.165) is 0 Å². The first-order chi connectivity index (χ1) is 8.58. The van der Waals surface area contributed by atoms with Gasteiger partial charge in [0.15, 0.2) is 0 Å². The molecule has 1 saturated carbocycles. The average Bonchev–Trinajstić information content (AvgIpc) is 2.38. The lowest BCUT2D eigenvalue weighted by molar-refractivity contribution is 0.0827. The van der Waals surface area contributed by atoms with Crippen molar-refractivity contribution in [3.63, 3.8) is 0 Å². The molecular weight excluding hydrogens is 224 g/mol. The molecule has 0 unspecified atom stereocenters. The molecule has 1 aromatic rings. The fourth-order valence-corrected chi connectivity index (χ4v) is 2.73. The number of hydrogen-bond donors (Lipinski definition) is 1. The monoisotopic (exact) mass is 246 g/mol. The van der Waals surface area contributed by atoms with Crippen molar-refractivity contribution in [2.75, 3.05) is 19.8 Å². The lowest BCUT2D eigenvalue weighted by Gasteiger charge is -2.23. The van der Waals surface area contributed by atoms with Gasteiger partial charge in [-0.3, -0.25) is 4.79 Å². The second-order valence-electron chi connectivity index (χ2n) is 5.42. The predicted molar refractivity (Wildman–Crippen MR) is 74.7 cm³/mol. The highest BCUT2D eigenvalue weighted by Gasteiger charge is 2.18. The Balaban J connectivity index is 2.28. The number of hydrogen-bond acceptors (Lipinski definition) is 2. The Morgan fingerprint density at radius 2 is 1.83 bits per heavy atom. The lowest BCUT2D eigenvalue weighted by atomic mass is 9.83. The Labute approximate surface area is 109 Å². The van der Waals surface area contributed by atoms with E-state index in [1.54, 1.807) is 25.1 Å². The van der Waals surface area contributed by atoms with E-state index in [-0.39, 0.29) is 5.91 Å². The number of benzene rings is 1. The Morgan fingerprint density at radius 3 is 2.44 bits per heavy atom. The van der Waals surface area contributed by atoms with Gasteiger partial charge in [0, 0.05) is 25.3 Å². The van der Waals surface area contributed by atoms with E-state index in [1.807, 2.05) is 12.1 Å². The van der Waals surface area contributed by atoms with Crippen molar-refractivity contribution < 1.29 is 4.79 Å². The first-order valence-corrected chi connectivity index (χ1v) is 6.70. The first-order valence-electron chi connectivity index (χ1n) is 6.70. The largest absolute Gasteiger partial charge is 0.399 e. The maximum absolute atomic E-state index is 12.0. The number of carbonyl (C=O) groups is 1. The summed E-state index contributed by atoms with van der Waals surface area (Å²) in [6.45, 7) is 0. The Kier molecular flexibility index (Phi) is 3.90. The van der Waals surface area contributed by atoms with Crippen molar-refractivity contribution in [2.24, 2.45) is 0 Å². The summed E-state index contributed by atoms with van der Waals surface area (Å²) < 4.78 is 0.